The number of ether oxygens (including phenoxy) is 2. The minimum absolute atomic E-state index is 0.255. The van der Waals surface area contributed by atoms with E-state index in [1.165, 1.54) is 6.42 Å². The number of amidine groups is 1. The van der Waals surface area contributed by atoms with Gasteiger partial charge in [-0.2, -0.15) is 0 Å². The molecule has 0 bridgehead atoms. The first-order valence-corrected chi connectivity index (χ1v) is 7.94. The Balaban J connectivity index is 1.65. The standard InChI is InChI=1S/C13H24N2O2S/c1-2-3-7-16-10-6-14-12-15-13(11-18-12)4-8-17-9-5-13/h2-11H2,1H3,(H,14,15). The van der Waals surface area contributed by atoms with Crippen molar-refractivity contribution in [2.45, 2.75) is 38.1 Å². The Morgan fingerprint density at radius 3 is 3.00 bits per heavy atom. The molecule has 4 nitrogen and oxygen atoms in total. The fraction of sp³-hybridized carbons (Fsp3) is 0.923. The van der Waals surface area contributed by atoms with Gasteiger partial charge in [-0.15, -0.1) is 0 Å². The van der Waals surface area contributed by atoms with Crippen LogP contribution < -0.4 is 5.32 Å². The smallest absolute Gasteiger partial charge is 0.157 e. The fourth-order valence-corrected chi connectivity index (χ4v) is 3.43. The third-order valence-corrected chi connectivity index (χ3v) is 4.64. The second-order valence-electron chi connectivity index (χ2n) is 4.96. The number of hydrogen-bond donors (Lipinski definition) is 1. The minimum Gasteiger partial charge on any atom is -0.381 e. The number of rotatable bonds is 6. The first-order chi connectivity index (χ1) is 8.85. The summed E-state index contributed by atoms with van der Waals surface area (Å²) in [6.45, 7) is 6.30. The topological polar surface area (TPSA) is 42.8 Å². The Morgan fingerprint density at radius 2 is 2.22 bits per heavy atom. The zero-order chi connectivity index (χ0) is 12.7. The summed E-state index contributed by atoms with van der Waals surface area (Å²) in [5, 5.41) is 4.68. The number of nitrogens with zero attached hydrogens (tertiary/aromatic N) is 1. The lowest BCUT2D eigenvalue weighted by Gasteiger charge is -2.32. The molecule has 0 saturated carbocycles. The molecule has 1 spiro atoms. The van der Waals surface area contributed by atoms with Crippen molar-refractivity contribution < 1.29 is 9.47 Å². The lowest BCUT2D eigenvalue weighted by atomic mass is 9.93. The summed E-state index contributed by atoms with van der Waals surface area (Å²) in [7, 11) is 0. The van der Waals surface area contributed by atoms with Crippen LogP contribution in [0, 0.1) is 0 Å². The minimum atomic E-state index is 0.255. The van der Waals surface area contributed by atoms with E-state index in [2.05, 4.69) is 17.2 Å². The molecule has 0 aromatic carbocycles. The molecular formula is C13H24N2O2S. The maximum Gasteiger partial charge on any atom is 0.157 e. The molecular weight excluding hydrogens is 248 g/mol. The van der Waals surface area contributed by atoms with Gasteiger partial charge >= 0.3 is 0 Å². The van der Waals surface area contributed by atoms with E-state index < -0.39 is 0 Å². The van der Waals surface area contributed by atoms with Gasteiger partial charge in [0.1, 0.15) is 0 Å². The summed E-state index contributed by atoms with van der Waals surface area (Å²) in [6, 6.07) is 0. The third-order valence-electron chi connectivity index (χ3n) is 3.44. The fourth-order valence-electron chi connectivity index (χ4n) is 2.18. The van der Waals surface area contributed by atoms with Crippen LogP contribution in [0.25, 0.3) is 0 Å². The monoisotopic (exact) mass is 272 g/mol. The highest BCUT2D eigenvalue weighted by Crippen LogP contribution is 2.31. The zero-order valence-electron chi connectivity index (χ0n) is 11.2. The summed E-state index contributed by atoms with van der Waals surface area (Å²) >= 11 is 1.84. The van der Waals surface area contributed by atoms with Gasteiger partial charge in [0.15, 0.2) is 5.17 Å². The molecule has 0 atom stereocenters. The van der Waals surface area contributed by atoms with Gasteiger partial charge in [0.25, 0.3) is 0 Å². The molecule has 0 unspecified atom stereocenters. The Kier molecular flexibility index (Phi) is 5.79. The van der Waals surface area contributed by atoms with Crippen molar-refractivity contribution in [2.24, 2.45) is 4.99 Å². The molecule has 2 rings (SSSR count). The van der Waals surface area contributed by atoms with Gasteiger partial charge in [0, 0.05) is 25.6 Å². The number of thioether (sulfide) groups is 1. The highest BCUT2D eigenvalue weighted by atomic mass is 32.2. The normalized spacial score (nSPS) is 24.6. The van der Waals surface area contributed by atoms with E-state index in [9.17, 15) is 0 Å². The van der Waals surface area contributed by atoms with Crippen molar-refractivity contribution in [3.05, 3.63) is 0 Å². The molecule has 5 heteroatoms. The quantitative estimate of drug-likeness (QED) is 0.752. The first kappa shape index (κ1) is 14.2. The molecule has 2 aliphatic heterocycles. The van der Waals surface area contributed by atoms with Gasteiger partial charge in [-0.05, 0) is 19.3 Å². The van der Waals surface area contributed by atoms with Crippen LogP contribution in [-0.4, -0.2) is 49.4 Å². The predicted molar refractivity (Wildman–Crippen MR) is 76.4 cm³/mol. The second kappa shape index (κ2) is 7.36. The predicted octanol–water partition coefficient (Wildman–Crippen LogP) is 2.04. The average Bonchev–Trinajstić information content (AvgIpc) is 2.78. The van der Waals surface area contributed by atoms with E-state index in [4.69, 9.17) is 9.47 Å². The highest BCUT2D eigenvalue weighted by molar-refractivity contribution is 8.14. The van der Waals surface area contributed by atoms with Crippen molar-refractivity contribution in [1.82, 2.24) is 5.32 Å². The van der Waals surface area contributed by atoms with Gasteiger partial charge in [0.2, 0.25) is 0 Å². The largest absolute Gasteiger partial charge is 0.381 e. The van der Waals surface area contributed by atoms with Crippen molar-refractivity contribution in [3.63, 3.8) is 0 Å². The summed E-state index contributed by atoms with van der Waals surface area (Å²) in [4.78, 5) is 4.57. The molecule has 0 aliphatic carbocycles. The van der Waals surface area contributed by atoms with E-state index in [0.29, 0.717) is 0 Å². The molecule has 104 valence electrons. The lowest BCUT2D eigenvalue weighted by molar-refractivity contribution is 0.0555. The zero-order valence-corrected chi connectivity index (χ0v) is 12.1. The van der Waals surface area contributed by atoms with Crippen LogP contribution in [0.1, 0.15) is 32.6 Å². The Hall–Kier alpha value is -0.260. The summed E-state index contributed by atoms with van der Waals surface area (Å²) < 4.78 is 10.9. The van der Waals surface area contributed by atoms with E-state index in [0.717, 1.165) is 63.2 Å². The van der Waals surface area contributed by atoms with Gasteiger partial charge in [-0.3, -0.25) is 4.99 Å². The molecule has 2 heterocycles. The van der Waals surface area contributed by atoms with Crippen molar-refractivity contribution in [2.75, 3.05) is 38.7 Å². The van der Waals surface area contributed by atoms with Crippen LogP contribution >= 0.6 is 11.8 Å². The number of nitrogens with one attached hydrogen (secondary N) is 1. The molecule has 2 saturated heterocycles. The summed E-state index contributed by atoms with van der Waals surface area (Å²) in [6.07, 6.45) is 4.54. The molecule has 18 heavy (non-hydrogen) atoms. The van der Waals surface area contributed by atoms with E-state index in [1.807, 2.05) is 11.8 Å². The highest BCUT2D eigenvalue weighted by Gasteiger charge is 2.38. The number of hydrogen-bond acceptors (Lipinski definition) is 4. The van der Waals surface area contributed by atoms with E-state index >= 15 is 0 Å². The molecule has 0 aromatic heterocycles. The molecule has 2 aliphatic rings. The second-order valence-corrected chi connectivity index (χ2v) is 5.92. The Labute approximate surface area is 114 Å². The van der Waals surface area contributed by atoms with Crippen molar-refractivity contribution in [3.8, 4) is 0 Å². The van der Waals surface area contributed by atoms with Gasteiger partial charge < -0.3 is 14.8 Å². The van der Waals surface area contributed by atoms with Gasteiger partial charge in [0.05, 0.1) is 18.7 Å². The lowest BCUT2D eigenvalue weighted by Crippen LogP contribution is -2.48. The van der Waals surface area contributed by atoms with Crippen molar-refractivity contribution >= 4 is 16.9 Å². The van der Waals surface area contributed by atoms with Crippen LogP contribution in [0.3, 0.4) is 0 Å². The van der Waals surface area contributed by atoms with Crippen LogP contribution in [0.2, 0.25) is 0 Å². The van der Waals surface area contributed by atoms with Crippen LogP contribution in [0.4, 0.5) is 0 Å². The maximum absolute atomic E-state index is 5.51. The third kappa shape index (κ3) is 4.14. The molecule has 0 radical (unpaired) electrons. The number of aliphatic imine (C=N–C) groups is 1. The van der Waals surface area contributed by atoms with Gasteiger partial charge in [-0.1, -0.05) is 25.1 Å². The van der Waals surface area contributed by atoms with Gasteiger partial charge in [-0.25, -0.2) is 0 Å². The average molecular weight is 272 g/mol. The first-order valence-electron chi connectivity index (χ1n) is 6.96. The van der Waals surface area contributed by atoms with E-state index in [-0.39, 0.29) is 5.54 Å². The Bertz CT molecular complexity index is 278. The van der Waals surface area contributed by atoms with Crippen LogP contribution in [0.15, 0.2) is 4.99 Å². The van der Waals surface area contributed by atoms with Crippen LogP contribution in [0.5, 0.6) is 0 Å². The molecule has 2 fully saturated rings. The maximum atomic E-state index is 5.51. The SMILES string of the molecule is CCCCOCCN=C1NC2(CCOCC2)CS1. The van der Waals surface area contributed by atoms with Crippen molar-refractivity contribution in [1.29, 1.82) is 0 Å². The molecule has 0 aromatic rings. The van der Waals surface area contributed by atoms with Crippen LogP contribution in [-0.2, 0) is 9.47 Å². The van der Waals surface area contributed by atoms with E-state index in [1.54, 1.807) is 0 Å². The summed E-state index contributed by atoms with van der Waals surface area (Å²) in [5.74, 6) is 1.13. The number of unbranched alkanes of at least 4 members (excludes halogenated alkanes) is 1. The molecule has 1 N–H and O–H groups in total. The summed E-state index contributed by atoms with van der Waals surface area (Å²) in [5.41, 5.74) is 0.255. The Morgan fingerprint density at radius 1 is 1.39 bits per heavy atom. The molecule has 0 amide bonds.